The molecular weight excluding hydrogens is 200 g/mol. The highest BCUT2D eigenvalue weighted by molar-refractivity contribution is 6.29. The standard InChI is InChI=1S/C9H9ClN4/c1-6-7(2)14(5-13-6)9-4-11-8(10)3-12-9/h3-5H,1-2H3. The lowest BCUT2D eigenvalue weighted by molar-refractivity contribution is 0.934. The second-order valence-corrected chi connectivity index (χ2v) is 3.37. The molecule has 0 amide bonds. The van der Waals surface area contributed by atoms with Gasteiger partial charge in [-0.25, -0.2) is 15.0 Å². The quantitative estimate of drug-likeness (QED) is 0.719. The largest absolute Gasteiger partial charge is 0.286 e. The molecule has 2 heterocycles. The van der Waals surface area contributed by atoms with Gasteiger partial charge in [-0.15, -0.1) is 0 Å². The zero-order chi connectivity index (χ0) is 10.1. The zero-order valence-electron chi connectivity index (χ0n) is 7.90. The van der Waals surface area contributed by atoms with Gasteiger partial charge in [0.2, 0.25) is 0 Å². The van der Waals surface area contributed by atoms with Crippen molar-refractivity contribution in [2.45, 2.75) is 13.8 Å². The maximum Gasteiger partial charge on any atom is 0.156 e. The molecule has 0 aromatic carbocycles. The van der Waals surface area contributed by atoms with Crippen LogP contribution in [0.2, 0.25) is 5.15 Å². The van der Waals surface area contributed by atoms with E-state index in [1.165, 1.54) is 6.20 Å². The van der Waals surface area contributed by atoms with Gasteiger partial charge in [0.1, 0.15) is 11.5 Å². The van der Waals surface area contributed by atoms with Crippen molar-refractivity contribution in [3.8, 4) is 5.82 Å². The first-order valence-corrected chi connectivity index (χ1v) is 4.55. The topological polar surface area (TPSA) is 43.6 Å². The van der Waals surface area contributed by atoms with E-state index >= 15 is 0 Å². The van der Waals surface area contributed by atoms with Gasteiger partial charge in [0, 0.05) is 5.69 Å². The molecule has 0 N–H and O–H groups in total. The number of halogens is 1. The Bertz CT molecular complexity index is 446. The predicted molar refractivity (Wildman–Crippen MR) is 53.6 cm³/mol. The van der Waals surface area contributed by atoms with Crippen molar-refractivity contribution < 1.29 is 0 Å². The Morgan fingerprint density at radius 2 is 1.93 bits per heavy atom. The predicted octanol–water partition coefficient (Wildman–Crippen LogP) is 1.93. The van der Waals surface area contributed by atoms with Crippen molar-refractivity contribution in [2.75, 3.05) is 0 Å². The maximum atomic E-state index is 5.65. The van der Waals surface area contributed by atoms with Crippen LogP contribution >= 0.6 is 11.6 Å². The fraction of sp³-hybridized carbons (Fsp3) is 0.222. The minimum atomic E-state index is 0.392. The third kappa shape index (κ3) is 1.48. The molecule has 5 heteroatoms. The molecular formula is C9H9ClN4. The summed E-state index contributed by atoms with van der Waals surface area (Å²) in [5, 5.41) is 0.392. The number of rotatable bonds is 1. The van der Waals surface area contributed by atoms with Gasteiger partial charge >= 0.3 is 0 Å². The normalized spacial score (nSPS) is 10.5. The molecule has 0 saturated carbocycles. The van der Waals surface area contributed by atoms with Crippen molar-refractivity contribution >= 4 is 11.6 Å². The van der Waals surface area contributed by atoms with E-state index in [1.807, 2.05) is 18.4 Å². The van der Waals surface area contributed by atoms with Gasteiger partial charge in [-0.2, -0.15) is 0 Å². The summed E-state index contributed by atoms with van der Waals surface area (Å²) >= 11 is 5.65. The summed E-state index contributed by atoms with van der Waals surface area (Å²) in [7, 11) is 0. The van der Waals surface area contributed by atoms with E-state index in [0.29, 0.717) is 5.15 Å². The SMILES string of the molecule is Cc1ncn(-c2cnc(Cl)cn2)c1C. The summed E-state index contributed by atoms with van der Waals surface area (Å²) in [4.78, 5) is 12.3. The van der Waals surface area contributed by atoms with Crippen molar-refractivity contribution in [1.29, 1.82) is 0 Å². The van der Waals surface area contributed by atoms with Crippen molar-refractivity contribution in [1.82, 2.24) is 19.5 Å². The molecule has 0 saturated heterocycles. The van der Waals surface area contributed by atoms with E-state index < -0.39 is 0 Å². The lowest BCUT2D eigenvalue weighted by Gasteiger charge is -2.02. The highest BCUT2D eigenvalue weighted by Crippen LogP contribution is 2.11. The fourth-order valence-corrected chi connectivity index (χ4v) is 1.26. The molecule has 0 aliphatic rings. The minimum Gasteiger partial charge on any atom is -0.286 e. The Hall–Kier alpha value is -1.42. The first-order chi connectivity index (χ1) is 6.68. The van der Waals surface area contributed by atoms with Crippen molar-refractivity contribution in [3.63, 3.8) is 0 Å². The smallest absolute Gasteiger partial charge is 0.156 e. The summed E-state index contributed by atoms with van der Waals surface area (Å²) in [6, 6.07) is 0. The molecule has 0 aliphatic heterocycles. The van der Waals surface area contributed by atoms with E-state index in [4.69, 9.17) is 11.6 Å². The van der Waals surface area contributed by atoms with E-state index in [-0.39, 0.29) is 0 Å². The number of hydrogen-bond donors (Lipinski definition) is 0. The van der Waals surface area contributed by atoms with Crippen molar-refractivity contribution in [2.24, 2.45) is 0 Å². The average Bonchev–Trinajstić information content (AvgIpc) is 2.50. The van der Waals surface area contributed by atoms with Crippen LogP contribution in [0.3, 0.4) is 0 Å². The fourth-order valence-electron chi connectivity index (χ4n) is 1.16. The molecule has 72 valence electrons. The summed E-state index contributed by atoms with van der Waals surface area (Å²) in [6.45, 7) is 3.94. The molecule has 2 rings (SSSR count). The number of nitrogens with zero attached hydrogens (tertiary/aromatic N) is 4. The second-order valence-electron chi connectivity index (χ2n) is 2.98. The van der Waals surface area contributed by atoms with Gasteiger partial charge in [0.15, 0.2) is 5.82 Å². The van der Waals surface area contributed by atoms with Crippen LogP contribution in [0.1, 0.15) is 11.4 Å². The first-order valence-electron chi connectivity index (χ1n) is 4.17. The highest BCUT2D eigenvalue weighted by atomic mass is 35.5. The molecule has 14 heavy (non-hydrogen) atoms. The van der Waals surface area contributed by atoms with Crippen molar-refractivity contribution in [3.05, 3.63) is 35.3 Å². The third-order valence-electron chi connectivity index (χ3n) is 2.11. The molecule has 0 radical (unpaired) electrons. The van der Waals surface area contributed by atoms with Crippen LogP contribution < -0.4 is 0 Å². The Morgan fingerprint density at radius 1 is 1.14 bits per heavy atom. The molecule has 0 unspecified atom stereocenters. The lowest BCUT2D eigenvalue weighted by atomic mass is 10.4. The monoisotopic (exact) mass is 208 g/mol. The Morgan fingerprint density at radius 3 is 2.43 bits per heavy atom. The van der Waals surface area contributed by atoms with Gasteiger partial charge in [0.05, 0.1) is 18.1 Å². The molecule has 0 fully saturated rings. The molecule has 0 aliphatic carbocycles. The number of aryl methyl sites for hydroxylation is 1. The lowest BCUT2D eigenvalue weighted by Crippen LogP contribution is -1.98. The van der Waals surface area contributed by atoms with Crippen LogP contribution in [0, 0.1) is 13.8 Å². The number of imidazole rings is 1. The summed E-state index contributed by atoms with van der Waals surface area (Å²) in [6.07, 6.45) is 4.87. The van der Waals surface area contributed by atoms with Crippen LogP contribution in [0.15, 0.2) is 18.7 Å². The van der Waals surface area contributed by atoms with Gasteiger partial charge < -0.3 is 0 Å². The van der Waals surface area contributed by atoms with Gasteiger partial charge in [-0.05, 0) is 13.8 Å². The third-order valence-corrected chi connectivity index (χ3v) is 2.30. The first kappa shape index (κ1) is 9.15. The summed E-state index contributed by atoms with van der Waals surface area (Å²) in [5.74, 6) is 0.729. The molecule has 0 atom stereocenters. The van der Waals surface area contributed by atoms with E-state index in [9.17, 15) is 0 Å². The average molecular weight is 209 g/mol. The molecule has 2 aromatic heterocycles. The van der Waals surface area contributed by atoms with Gasteiger partial charge in [-0.3, -0.25) is 4.57 Å². The molecule has 2 aromatic rings. The van der Waals surface area contributed by atoms with Crippen LogP contribution in [0.4, 0.5) is 0 Å². The number of hydrogen-bond acceptors (Lipinski definition) is 3. The van der Waals surface area contributed by atoms with Crippen LogP contribution in [0.5, 0.6) is 0 Å². The van der Waals surface area contributed by atoms with E-state index in [2.05, 4.69) is 15.0 Å². The molecule has 0 bridgehead atoms. The van der Waals surface area contributed by atoms with Crippen LogP contribution in [0.25, 0.3) is 5.82 Å². The summed E-state index contributed by atoms with van der Waals surface area (Å²) < 4.78 is 1.87. The van der Waals surface area contributed by atoms with Gasteiger partial charge in [-0.1, -0.05) is 11.6 Å². The Kier molecular flexibility index (Phi) is 2.21. The van der Waals surface area contributed by atoms with Crippen LogP contribution in [-0.2, 0) is 0 Å². The second kappa shape index (κ2) is 3.38. The highest BCUT2D eigenvalue weighted by Gasteiger charge is 2.05. The van der Waals surface area contributed by atoms with E-state index in [1.54, 1.807) is 12.5 Å². The minimum absolute atomic E-state index is 0.392. The maximum absolute atomic E-state index is 5.65. The molecule has 4 nitrogen and oxygen atoms in total. The Labute approximate surface area is 86.6 Å². The zero-order valence-corrected chi connectivity index (χ0v) is 8.65. The molecule has 0 spiro atoms. The van der Waals surface area contributed by atoms with E-state index in [0.717, 1.165) is 17.2 Å². The summed E-state index contributed by atoms with van der Waals surface area (Å²) in [5.41, 5.74) is 2.04. The van der Waals surface area contributed by atoms with Gasteiger partial charge in [0.25, 0.3) is 0 Å². The van der Waals surface area contributed by atoms with Crippen LogP contribution in [-0.4, -0.2) is 19.5 Å². The number of aromatic nitrogens is 4. The Balaban J connectivity index is 2.49.